The zero-order valence-corrected chi connectivity index (χ0v) is 13.8. The minimum Gasteiger partial charge on any atom is -0.313 e. The van der Waals surface area contributed by atoms with Crippen molar-refractivity contribution >= 4 is 10.9 Å². The monoisotopic (exact) mass is 372 g/mol. The van der Waals surface area contributed by atoms with Gasteiger partial charge in [-0.05, 0) is 18.2 Å². The van der Waals surface area contributed by atoms with Crippen LogP contribution in [-0.2, 0) is 13.2 Å². The summed E-state index contributed by atoms with van der Waals surface area (Å²) in [5, 5.41) is 4.35. The molecule has 0 aliphatic heterocycles. The molecule has 4 rings (SSSR count). The summed E-state index contributed by atoms with van der Waals surface area (Å²) >= 11 is 0. The second-order valence-electron chi connectivity index (χ2n) is 5.82. The molecule has 4 aromatic heterocycles. The summed E-state index contributed by atoms with van der Waals surface area (Å²) in [4.78, 5) is 26.9. The maximum absolute atomic E-state index is 12.7. The Kier molecular flexibility index (Phi) is 3.76. The first-order valence-corrected chi connectivity index (χ1v) is 7.74. The zero-order chi connectivity index (χ0) is 19.2. The maximum atomic E-state index is 12.7. The average Bonchev–Trinajstić information content (AvgIpc) is 3.07. The van der Waals surface area contributed by atoms with Gasteiger partial charge in [-0.2, -0.15) is 18.3 Å². The van der Waals surface area contributed by atoms with Crippen molar-refractivity contribution in [1.82, 2.24) is 29.7 Å². The molecule has 0 unspecified atom stereocenters. The first-order valence-electron chi connectivity index (χ1n) is 7.74. The fourth-order valence-corrected chi connectivity index (χ4v) is 2.68. The lowest BCUT2D eigenvalue weighted by molar-refractivity contribution is -0.141. The van der Waals surface area contributed by atoms with Crippen LogP contribution in [0.25, 0.3) is 33.4 Å². The maximum Gasteiger partial charge on any atom is 0.433 e. The minimum atomic E-state index is -4.53. The molecule has 0 spiro atoms. The van der Waals surface area contributed by atoms with Gasteiger partial charge in [0.05, 0.1) is 23.6 Å². The Morgan fingerprint density at radius 2 is 1.93 bits per heavy atom. The van der Waals surface area contributed by atoms with E-state index in [0.717, 1.165) is 12.3 Å². The van der Waals surface area contributed by atoms with Crippen LogP contribution in [0.15, 0.2) is 47.9 Å². The number of rotatable bonds is 2. The molecular weight excluding hydrogens is 361 g/mol. The smallest absolute Gasteiger partial charge is 0.313 e. The van der Waals surface area contributed by atoms with E-state index in [1.807, 2.05) is 0 Å². The van der Waals surface area contributed by atoms with Crippen molar-refractivity contribution in [1.29, 1.82) is 0 Å². The second-order valence-corrected chi connectivity index (χ2v) is 5.82. The van der Waals surface area contributed by atoms with Crippen LogP contribution in [0.1, 0.15) is 5.69 Å². The molecule has 0 bridgehead atoms. The highest BCUT2D eigenvalue weighted by Gasteiger charge is 2.32. The van der Waals surface area contributed by atoms with Crippen molar-refractivity contribution < 1.29 is 13.2 Å². The van der Waals surface area contributed by atoms with Gasteiger partial charge in [0.15, 0.2) is 0 Å². The fraction of sp³-hybridized carbons (Fsp3) is 0.118. The van der Waals surface area contributed by atoms with Crippen LogP contribution in [0.2, 0.25) is 0 Å². The molecule has 0 radical (unpaired) electrons. The Morgan fingerprint density at radius 3 is 2.56 bits per heavy atom. The fourth-order valence-electron chi connectivity index (χ4n) is 2.68. The molecule has 0 amide bonds. The van der Waals surface area contributed by atoms with Gasteiger partial charge in [0, 0.05) is 30.6 Å². The van der Waals surface area contributed by atoms with Crippen LogP contribution in [0.4, 0.5) is 13.2 Å². The van der Waals surface area contributed by atoms with E-state index in [1.165, 1.54) is 18.5 Å². The Bertz CT molecular complexity index is 1190. The van der Waals surface area contributed by atoms with Gasteiger partial charge in [0.25, 0.3) is 5.56 Å². The third kappa shape index (κ3) is 3.05. The molecule has 0 aromatic carbocycles. The van der Waals surface area contributed by atoms with Crippen molar-refractivity contribution in [2.45, 2.75) is 6.18 Å². The number of hydrogen-bond donors (Lipinski definition) is 1. The Morgan fingerprint density at radius 1 is 1.11 bits per heavy atom. The SMILES string of the molecule is Cn1cc(-c2nc(-c3ccc(C(F)(F)F)nc3)cc3c(=O)[nH]cnc23)cn1. The van der Waals surface area contributed by atoms with Gasteiger partial charge >= 0.3 is 6.18 Å². The Labute approximate surface area is 149 Å². The summed E-state index contributed by atoms with van der Waals surface area (Å²) in [5.41, 5.74) is 0.673. The van der Waals surface area contributed by atoms with Crippen molar-refractivity contribution in [2.75, 3.05) is 0 Å². The van der Waals surface area contributed by atoms with E-state index in [-0.39, 0.29) is 10.9 Å². The number of aryl methyl sites for hydroxylation is 1. The summed E-state index contributed by atoms with van der Waals surface area (Å²) in [6.45, 7) is 0. The number of nitrogens with zero attached hydrogens (tertiary/aromatic N) is 5. The summed E-state index contributed by atoms with van der Waals surface area (Å²) in [5.74, 6) is 0. The number of aromatic nitrogens is 6. The molecule has 4 aromatic rings. The van der Waals surface area contributed by atoms with E-state index in [1.54, 1.807) is 24.1 Å². The van der Waals surface area contributed by atoms with E-state index in [4.69, 9.17) is 0 Å². The van der Waals surface area contributed by atoms with Gasteiger partial charge in [0.2, 0.25) is 0 Å². The van der Waals surface area contributed by atoms with Crippen LogP contribution < -0.4 is 5.56 Å². The number of alkyl halides is 3. The van der Waals surface area contributed by atoms with Gasteiger partial charge < -0.3 is 4.98 Å². The topological polar surface area (TPSA) is 89.4 Å². The zero-order valence-electron chi connectivity index (χ0n) is 13.8. The van der Waals surface area contributed by atoms with Gasteiger partial charge in [-0.3, -0.25) is 14.5 Å². The number of fused-ring (bicyclic) bond motifs is 1. The lowest BCUT2D eigenvalue weighted by Gasteiger charge is -2.09. The molecule has 0 saturated carbocycles. The highest BCUT2D eigenvalue weighted by molar-refractivity contribution is 5.93. The highest BCUT2D eigenvalue weighted by Crippen LogP contribution is 2.31. The molecule has 27 heavy (non-hydrogen) atoms. The third-order valence-corrected chi connectivity index (χ3v) is 3.95. The number of nitrogens with one attached hydrogen (secondary N) is 1. The van der Waals surface area contributed by atoms with E-state index >= 15 is 0 Å². The van der Waals surface area contributed by atoms with Crippen LogP contribution in [0.5, 0.6) is 0 Å². The standard InChI is InChI=1S/C17H11F3N6O/c1-26-7-10(6-24-26)14-15-11(16(27)23-8-22-15)4-12(25-14)9-2-3-13(21-5-9)17(18,19)20/h2-8H,1H3,(H,22,23,27). The van der Waals surface area contributed by atoms with Crippen LogP contribution >= 0.6 is 0 Å². The first-order chi connectivity index (χ1) is 12.8. The quantitative estimate of drug-likeness (QED) is 0.584. The summed E-state index contributed by atoms with van der Waals surface area (Å²) in [6.07, 6.45) is 1.09. The lowest BCUT2D eigenvalue weighted by Crippen LogP contribution is -2.09. The molecule has 4 heterocycles. The lowest BCUT2D eigenvalue weighted by atomic mass is 10.1. The number of halogens is 3. The minimum absolute atomic E-state index is 0.265. The molecule has 0 saturated heterocycles. The molecule has 0 fully saturated rings. The predicted octanol–water partition coefficient (Wildman–Crippen LogP) is 2.80. The largest absolute Gasteiger partial charge is 0.433 e. The van der Waals surface area contributed by atoms with Crippen molar-refractivity contribution in [3.63, 3.8) is 0 Å². The van der Waals surface area contributed by atoms with Crippen LogP contribution in [-0.4, -0.2) is 29.7 Å². The van der Waals surface area contributed by atoms with Gasteiger partial charge in [0.1, 0.15) is 16.9 Å². The van der Waals surface area contributed by atoms with E-state index < -0.39 is 11.9 Å². The molecular formula is C17H11F3N6O. The Balaban J connectivity index is 1.94. The number of aromatic amines is 1. The normalized spacial score (nSPS) is 11.9. The van der Waals surface area contributed by atoms with Gasteiger partial charge in [-0.15, -0.1) is 0 Å². The molecule has 1 N–H and O–H groups in total. The van der Waals surface area contributed by atoms with Gasteiger partial charge in [-0.25, -0.2) is 9.97 Å². The van der Waals surface area contributed by atoms with Gasteiger partial charge in [-0.1, -0.05) is 0 Å². The molecule has 7 nitrogen and oxygen atoms in total. The number of hydrogen-bond acceptors (Lipinski definition) is 5. The highest BCUT2D eigenvalue weighted by atomic mass is 19.4. The van der Waals surface area contributed by atoms with Crippen LogP contribution in [0, 0.1) is 0 Å². The molecule has 0 atom stereocenters. The third-order valence-electron chi connectivity index (χ3n) is 3.95. The summed E-state index contributed by atoms with van der Waals surface area (Å²) < 4.78 is 39.8. The summed E-state index contributed by atoms with van der Waals surface area (Å²) in [6, 6.07) is 3.62. The predicted molar refractivity (Wildman–Crippen MR) is 90.6 cm³/mol. The second kappa shape index (κ2) is 6.01. The first kappa shape index (κ1) is 16.9. The van der Waals surface area contributed by atoms with E-state index in [2.05, 4.69) is 25.0 Å². The van der Waals surface area contributed by atoms with Crippen molar-refractivity contribution in [3.05, 3.63) is 59.2 Å². The molecule has 10 heteroatoms. The summed E-state index contributed by atoms with van der Waals surface area (Å²) in [7, 11) is 1.73. The van der Waals surface area contributed by atoms with Crippen LogP contribution in [0.3, 0.4) is 0 Å². The number of H-pyrrole nitrogens is 1. The van der Waals surface area contributed by atoms with E-state index in [0.29, 0.717) is 28.0 Å². The molecule has 0 aliphatic carbocycles. The number of pyridine rings is 2. The molecule has 136 valence electrons. The van der Waals surface area contributed by atoms with Crippen molar-refractivity contribution in [3.8, 4) is 22.5 Å². The van der Waals surface area contributed by atoms with Crippen molar-refractivity contribution in [2.24, 2.45) is 7.05 Å². The van der Waals surface area contributed by atoms with E-state index in [9.17, 15) is 18.0 Å². The molecule has 0 aliphatic rings. The Hall–Kier alpha value is -3.56. The average molecular weight is 372 g/mol.